The van der Waals surface area contributed by atoms with Gasteiger partial charge in [-0.2, -0.15) is 0 Å². The summed E-state index contributed by atoms with van der Waals surface area (Å²) in [4.78, 5) is 51.6. The van der Waals surface area contributed by atoms with Crippen molar-refractivity contribution in [2.75, 3.05) is 7.11 Å². The number of halogens is 1. The summed E-state index contributed by atoms with van der Waals surface area (Å²) in [5, 5.41) is 15.1. The van der Waals surface area contributed by atoms with Crippen molar-refractivity contribution < 1.29 is 38.1 Å². The molecule has 0 spiro atoms. The van der Waals surface area contributed by atoms with E-state index in [1.807, 2.05) is 19.1 Å². The summed E-state index contributed by atoms with van der Waals surface area (Å²) in [7, 11) is 1.30. The molecule has 0 aromatic heterocycles. The minimum atomic E-state index is -1.66. The lowest BCUT2D eigenvalue weighted by atomic mass is 9.67. The molecule has 9 heteroatoms. The molecule has 38 heavy (non-hydrogen) atoms. The zero-order valence-corrected chi connectivity index (χ0v) is 21.1. The first kappa shape index (κ1) is 25.1. The zero-order chi connectivity index (χ0) is 27.5. The van der Waals surface area contributed by atoms with E-state index in [0.717, 1.165) is 23.9 Å². The molecule has 1 amide bonds. The normalized spacial score (nSPS) is 19.9. The van der Waals surface area contributed by atoms with Crippen molar-refractivity contribution in [3.63, 3.8) is 0 Å². The Labute approximate surface area is 217 Å². The Morgan fingerprint density at radius 3 is 2.58 bits per heavy atom. The minimum absolute atomic E-state index is 0.0239. The summed E-state index contributed by atoms with van der Waals surface area (Å²) in [6.45, 7) is 4.47. The fourth-order valence-corrected chi connectivity index (χ4v) is 5.31. The number of ether oxygens (including phenoxy) is 2. The number of amides is 1. The van der Waals surface area contributed by atoms with Gasteiger partial charge >= 0.3 is 0 Å². The average Bonchev–Trinajstić information content (AvgIpc) is 3.16. The lowest BCUT2D eigenvalue weighted by Gasteiger charge is -2.30. The van der Waals surface area contributed by atoms with E-state index in [1.165, 1.54) is 32.2 Å². The molecule has 1 aliphatic heterocycles. The van der Waals surface area contributed by atoms with Crippen LogP contribution in [0, 0.1) is 18.7 Å². The molecular formula is C29H24FNO7. The number of fused-ring (bicyclic) bond motifs is 4. The number of phenolic OH excluding ortho intramolecular Hbond substituents is 1. The number of carbonyl (C=O) groups is 4. The van der Waals surface area contributed by atoms with E-state index >= 15 is 0 Å². The smallest absolute Gasteiger partial charge is 0.259 e. The van der Waals surface area contributed by atoms with Crippen LogP contribution in [0.1, 0.15) is 40.9 Å². The van der Waals surface area contributed by atoms with Crippen LogP contribution in [-0.4, -0.2) is 35.5 Å². The third-order valence-electron chi connectivity index (χ3n) is 7.35. The van der Waals surface area contributed by atoms with Crippen LogP contribution in [-0.2, 0) is 26.3 Å². The molecule has 3 aromatic carbocycles. The lowest BCUT2D eigenvalue weighted by Crippen LogP contribution is -2.47. The highest BCUT2D eigenvalue weighted by Crippen LogP contribution is 2.56. The van der Waals surface area contributed by atoms with Gasteiger partial charge in [0.1, 0.15) is 45.8 Å². The zero-order valence-electron chi connectivity index (χ0n) is 21.1. The first-order valence-corrected chi connectivity index (χ1v) is 11.9. The van der Waals surface area contributed by atoms with E-state index in [1.54, 1.807) is 6.07 Å². The highest BCUT2D eigenvalue weighted by molar-refractivity contribution is 6.27. The molecule has 8 nitrogen and oxygen atoms in total. The van der Waals surface area contributed by atoms with E-state index in [-0.39, 0.29) is 40.7 Å². The second kappa shape index (κ2) is 8.79. The van der Waals surface area contributed by atoms with E-state index in [4.69, 9.17) is 9.47 Å². The summed E-state index contributed by atoms with van der Waals surface area (Å²) in [6, 6.07) is 9.34. The van der Waals surface area contributed by atoms with Crippen molar-refractivity contribution in [1.29, 1.82) is 0 Å². The number of methoxy groups -OCH3 is 1. The van der Waals surface area contributed by atoms with Gasteiger partial charge in [0.2, 0.25) is 0 Å². The topological polar surface area (TPSA) is 119 Å². The Kier molecular flexibility index (Phi) is 5.82. The number of benzene rings is 3. The molecule has 0 fully saturated rings. The van der Waals surface area contributed by atoms with Crippen LogP contribution in [0.15, 0.2) is 48.2 Å². The van der Waals surface area contributed by atoms with Crippen LogP contribution >= 0.6 is 0 Å². The van der Waals surface area contributed by atoms with E-state index in [0.29, 0.717) is 10.9 Å². The van der Waals surface area contributed by atoms with E-state index in [2.05, 4.69) is 5.32 Å². The molecule has 3 aromatic rings. The first-order chi connectivity index (χ1) is 18.0. The number of ketones is 3. The number of aromatic hydroxyl groups is 1. The van der Waals surface area contributed by atoms with Crippen LogP contribution < -0.4 is 14.8 Å². The molecular weight excluding hydrogens is 493 g/mol. The number of rotatable bonds is 5. The number of phenols is 1. The second-order valence-electron chi connectivity index (χ2n) is 9.63. The molecule has 2 N–H and O–H groups in total. The van der Waals surface area contributed by atoms with Gasteiger partial charge in [-0.1, -0.05) is 18.2 Å². The number of allylic oxidation sites excluding steroid dienone is 2. The average molecular weight is 518 g/mol. The molecule has 0 radical (unpaired) electrons. The van der Waals surface area contributed by atoms with Gasteiger partial charge in [-0.3, -0.25) is 19.2 Å². The molecule has 0 bridgehead atoms. The Morgan fingerprint density at radius 2 is 1.89 bits per heavy atom. The molecule has 1 unspecified atom stereocenters. The van der Waals surface area contributed by atoms with Crippen LogP contribution in [0.4, 0.5) is 4.39 Å². The van der Waals surface area contributed by atoms with Crippen LogP contribution in [0.3, 0.4) is 0 Å². The maximum Gasteiger partial charge on any atom is 0.259 e. The molecule has 2 atom stereocenters. The number of Topliss-reactive ketones (excluding diaryl/α,β-unsaturated/α-hetero) is 2. The Hall–Kier alpha value is -4.53. The molecule has 1 aliphatic carbocycles. The molecule has 2 aliphatic rings. The highest BCUT2D eigenvalue weighted by Gasteiger charge is 2.58. The van der Waals surface area contributed by atoms with Crippen LogP contribution in [0.5, 0.6) is 17.2 Å². The summed E-state index contributed by atoms with van der Waals surface area (Å²) in [6.07, 6.45) is 1.06. The second-order valence-corrected chi connectivity index (χ2v) is 9.63. The SMILES string of the molecule is COc1cc(O)c2c(c1C(=O)NCc1c(C)ccc3ccc(F)cc13)OC1=CC(=O)C(C(C)=O)C(=O)[C@]12C. The third kappa shape index (κ3) is 3.57. The third-order valence-corrected chi connectivity index (χ3v) is 7.35. The van der Waals surface area contributed by atoms with Crippen LogP contribution in [0.2, 0.25) is 0 Å². The predicted molar refractivity (Wildman–Crippen MR) is 135 cm³/mol. The Morgan fingerprint density at radius 1 is 1.18 bits per heavy atom. The van der Waals surface area contributed by atoms with E-state index in [9.17, 15) is 28.7 Å². The number of hydrogen-bond donors (Lipinski definition) is 2. The van der Waals surface area contributed by atoms with Crippen molar-refractivity contribution in [3.8, 4) is 17.2 Å². The molecule has 0 saturated carbocycles. The molecule has 0 saturated heterocycles. The van der Waals surface area contributed by atoms with Crippen molar-refractivity contribution in [1.82, 2.24) is 5.32 Å². The predicted octanol–water partition coefficient (Wildman–Crippen LogP) is 3.82. The van der Waals surface area contributed by atoms with Gasteiger partial charge in [0.05, 0.1) is 12.7 Å². The summed E-state index contributed by atoms with van der Waals surface area (Å²) in [5.41, 5.74) is -0.235. The largest absolute Gasteiger partial charge is 0.507 e. The van der Waals surface area contributed by atoms with Gasteiger partial charge in [0, 0.05) is 18.7 Å². The highest BCUT2D eigenvalue weighted by atomic mass is 19.1. The molecule has 194 valence electrons. The fraction of sp³-hybridized carbons (Fsp3) is 0.241. The summed E-state index contributed by atoms with van der Waals surface area (Å²) in [5.74, 6) is -5.31. The van der Waals surface area contributed by atoms with Gasteiger partial charge < -0.3 is 19.9 Å². The summed E-state index contributed by atoms with van der Waals surface area (Å²) >= 11 is 0. The maximum atomic E-state index is 14.0. The number of nitrogens with one attached hydrogen (secondary N) is 1. The number of hydrogen-bond acceptors (Lipinski definition) is 7. The summed E-state index contributed by atoms with van der Waals surface area (Å²) < 4.78 is 25.2. The fourth-order valence-electron chi connectivity index (χ4n) is 5.31. The first-order valence-electron chi connectivity index (χ1n) is 11.9. The van der Waals surface area contributed by atoms with Crippen molar-refractivity contribution in [2.24, 2.45) is 5.92 Å². The van der Waals surface area contributed by atoms with Gasteiger partial charge in [-0.25, -0.2) is 4.39 Å². The van der Waals surface area contributed by atoms with Crippen molar-refractivity contribution in [3.05, 3.63) is 76.3 Å². The quantitative estimate of drug-likeness (QED) is 0.494. The van der Waals surface area contributed by atoms with Gasteiger partial charge in [-0.05, 0) is 54.8 Å². The standard InChI is InChI=1S/C29H24FNO7/c1-13-5-6-15-7-8-16(30)9-17(15)18(13)12-31-28(36)24-21(37-4)10-20(34)25-26(24)38-22-11-19(33)23(14(2)32)27(35)29(22,25)3/h5-11,23,34H,12H2,1-4H3,(H,31,36)/t23?,29-/m1/s1. The van der Waals surface area contributed by atoms with Crippen molar-refractivity contribution in [2.45, 2.75) is 32.7 Å². The van der Waals surface area contributed by atoms with Crippen LogP contribution in [0.25, 0.3) is 10.8 Å². The number of aryl methyl sites for hydroxylation is 1. The molecule has 1 heterocycles. The lowest BCUT2D eigenvalue weighted by molar-refractivity contribution is -0.140. The van der Waals surface area contributed by atoms with Gasteiger partial charge in [0.25, 0.3) is 5.91 Å². The molecule has 5 rings (SSSR count). The van der Waals surface area contributed by atoms with Gasteiger partial charge in [0.15, 0.2) is 17.3 Å². The Balaban J connectivity index is 1.59. The Bertz CT molecular complexity index is 1620. The van der Waals surface area contributed by atoms with Gasteiger partial charge in [-0.15, -0.1) is 0 Å². The van der Waals surface area contributed by atoms with Crippen molar-refractivity contribution >= 4 is 34.0 Å². The minimum Gasteiger partial charge on any atom is -0.507 e. The monoisotopic (exact) mass is 517 g/mol. The van der Waals surface area contributed by atoms with E-state index < -0.39 is 40.4 Å². The maximum absolute atomic E-state index is 14.0. The number of carbonyl (C=O) groups excluding carboxylic acids is 4.